The van der Waals surface area contributed by atoms with Crippen LogP contribution in [0.4, 0.5) is 5.69 Å². The van der Waals surface area contributed by atoms with Crippen molar-refractivity contribution < 1.29 is 8.98 Å². The Morgan fingerprint density at radius 2 is 1.95 bits per heavy atom. The molecule has 0 bridgehead atoms. The van der Waals surface area contributed by atoms with Gasteiger partial charge in [-0.15, -0.1) is 0 Å². The summed E-state index contributed by atoms with van der Waals surface area (Å²) in [6.07, 6.45) is 3.89. The summed E-state index contributed by atoms with van der Waals surface area (Å²) < 4.78 is 7.84. The zero-order chi connectivity index (χ0) is 14.8. The Kier molecular flexibility index (Phi) is 3.67. The van der Waals surface area contributed by atoms with E-state index in [1.807, 2.05) is 73.3 Å². The van der Waals surface area contributed by atoms with Crippen molar-refractivity contribution in [3.63, 3.8) is 0 Å². The van der Waals surface area contributed by atoms with Gasteiger partial charge in [-0.3, -0.25) is 0 Å². The topological polar surface area (TPSA) is 29.1 Å². The quantitative estimate of drug-likeness (QED) is 0.737. The van der Waals surface area contributed by atoms with E-state index in [4.69, 9.17) is 16.0 Å². The number of aryl methyl sites for hydroxylation is 1. The molecule has 21 heavy (non-hydrogen) atoms. The molecule has 1 N–H and O–H groups in total. The summed E-state index contributed by atoms with van der Waals surface area (Å²) >= 11 is 6.26. The number of nitrogens with zero attached hydrogens (tertiary/aromatic N) is 1. The maximum atomic E-state index is 6.26. The van der Waals surface area contributed by atoms with Crippen molar-refractivity contribution in [1.29, 1.82) is 0 Å². The normalized spacial score (nSPS) is 11.4. The molecule has 4 heteroatoms. The molecule has 0 aliphatic rings. The van der Waals surface area contributed by atoms with E-state index in [0.29, 0.717) is 5.02 Å². The molecule has 3 rings (SSSR count). The third-order valence-electron chi connectivity index (χ3n) is 3.47. The molecule has 0 unspecified atom stereocenters. The lowest BCUT2D eigenvalue weighted by Gasteiger charge is -2.02. The van der Waals surface area contributed by atoms with E-state index in [0.717, 1.165) is 28.2 Å². The van der Waals surface area contributed by atoms with E-state index in [1.54, 1.807) is 0 Å². The van der Waals surface area contributed by atoms with Crippen LogP contribution in [0, 0.1) is 0 Å². The van der Waals surface area contributed by atoms with Gasteiger partial charge < -0.3 is 9.73 Å². The number of aromatic nitrogens is 1. The highest BCUT2D eigenvalue weighted by Gasteiger charge is 2.15. The van der Waals surface area contributed by atoms with Crippen molar-refractivity contribution in [3.8, 4) is 0 Å². The Morgan fingerprint density at radius 1 is 1.14 bits per heavy atom. The first-order valence-electron chi connectivity index (χ1n) is 6.72. The van der Waals surface area contributed by atoms with E-state index in [-0.39, 0.29) is 0 Å². The van der Waals surface area contributed by atoms with Crippen molar-refractivity contribution in [2.45, 2.75) is 0 Å². The van der Waals surface area contributed by atoms with Gasteiger partial charge in [0, 0.05) is 23.8 Å². The van der Waals surface area contributed by atoms with Crippen LogP contribution in [0.5, 0.6) is 0 Å². The second-order valence-corrected chi connectivity index (χ2v) is 5.19. The van der Waals surface area contributed by atoms with E-state index >= 15 is 0 Å². The zero-order valence-corrected chi connectivity index (χ0v) is 12.7. The van der Waals surface area contributed by atoms with Crippen molar-refractivity contribution in [3.05, 3.63) is 58.9 Å². The molecular formula is C17H16ClN2O+. The molecule has 0 saturated carbocycles. The molecule has 0 spiro atoms. The molecule has 0 atom stereocenters. The van der Waals surface area contributed by atoms with Gasteiger partial charge in [-0.2, -0.15) is 4.57 Å². The van der Waals surface area contributed by atoms with Gasteiger partial charge in [0.1, 0.15) is 7.05 Å². The molecule has 0 amide bonds. The second-order valence-electron chi connectivity index (χ2n) is 4.79. The van der Waals surface area contributed by atoms with E-state index in [9.17, 15) is 0 Å². The minimum atomic E-state index is 0.705. The van der Waals surface area contributed by atoms with Gasteiger partial charge in [0.05, 0.1) is 6.08 Å². The molecule has 106 valence electrons. The Balaban J connectivity index is 1.96. The minimum absolute atomic E-state index is 0.705. The summed E-state index contributed by atoms with van der Waals surface area (Å²) in [6.45, 7) is 0. The smallest absolute Gasteiger partial charge is 0.373 e. The van der Waals surface area contributed by atoms with E-state index in [2.05, 4.69) is 5.32 Å². The largest absolute Gasteiger partial charge is 0.398 e. The van der Waals surface area contributed by atoms with Crippen LogP contribution in [0.1, 0.15) is 11.5 Å². The average molecular weight is 300 g/mol. The molecule has 0 radical (unpaired) electrons. The molecule has 2 aromatic carbocycles. The number of nitrogens with one attached hydrogen (secondary N) is 1. The number of rotatable bonds is 3. The average Bonchev–Trinajstić information content (AvgIpc) is 2.83. The third-order valence-corrected chi connectivity index (χ3v) is 3.79. The van der Waals surface area contributed by atoms with E-state index < -0.39 is 0 Å². The lowest BCUT2D eigenvalue weighted by molar-refractivity contribution is -0.651. The monoisotopic (exact) mass is 299 g/mol. The molecule has 1 aromatic heterocycles. The van der Waals surface area contributed by atoms with Gasteiger partial charge >= 0.3 is 5.89 Å². The lowest BCUT2D eigenvalue weighted by atomic mass is 10.2. The van der Waals surface area contributed by atoms with Crippen LogP contribution in [0.2, 0.25) is 5.02 Å². The van der Waals surface area contributed by atoms with Crippen LogP contribution in [-0.4, -0.2) is 7.05 Å². The first-order chi connectivity index (χ1) is 10.2. The van der Waals surface area contributed by atoms with Crippen LogP contribution >= 0.6 is 11.6 Å². The van der Waals surface area contributed by atoms with Gasteiger partial charge in [-0.05, 0) is 29.8 Å². The standard InChI is InChI=1S/C17H15ClN2O/c1-19-13-9-7-12(14(18)11-13)8-10-17-20(2)15-5-3-4-6-16(15)21-17/h3-11H,1-2H3/p+1. The summed E-state index contributed by atoms with van der Waals surface area (Å²) in [6, 6.07) is 13.8. The molecule has 1 heterocycles. The SMILES string of the molecule is CNc1ccc(/C=C/c2oc3ccccc3[n+]2C)c(Cl)c1. The van der Waals surface area contributed by atoms with Gasteiger partial charge in [0.2, 0.25) is 5.58 Å². The van der Waals surface area contributed by atoms with Crippen LogP contribution in [0.25, 0.3) is 23.3 Å². The number of benzene rings is 2. The maximum absolute atomic E-state index is 6.26. The molecular weight excluding hydrogens is 284 g/mol. The number of anilines is 1. The summed E-state index contributed by atoms with van der Waals surface area (Å²) in [5.74, 6) is 0.782. The van der Waals surface area contributed by atoms with E-state index in [1.165, 1.54) is 0 Å². The van der Waals surface area contributed by atoms with Crippen LogP contribution < -0.4 is 9.88 Å². The van der Waals surface area contributed by atoms with Gasteiger partial charge in [0.25, 0.3) is 5.52 Å². The lowest BCUT2D eigenvalue weighted by Crippen LogP contribution is -2.29. The molecule has 3 aromatic rings. The van der Waals surface area contributed by atoms with Crippen LogP contribution in [0.3, 0.4) is 0 Å². The van der Waals surface area contributed by atoms with Crippen molar-refractivity contribution in [1.82, 2.24) is 0 Å². The van der Waals surface area contributed by atoms with Gasteiger partial charge in [-0.25, -0.2) is 0 Å². The van der Waals surface area contributed by atoms with Gasteiger partial charge in [0.15, 0.2) is 0 Å². The predicted molar refractivity (Wildman–Crippen MR) is 87.3 cm³/mol. The van der Waals surface area contributed by atoms with Crippen molar-refractivity contribution in [2.24, 2.45) is 7.05 Å². The highest BCUT2D eigenvalue weighted by Crippen LogP contribution is 2.23. The second kappa shape index (κ2) is 5.62. The number of hydrogen-bond acceptors (Lipinski definition) is 2. The summed E-state index contributed by atoms with van der Waals surface area (Å²) in [5, 5.41) is 3.77. The van der Waals surface area contributed by atoms with Crippen LogP contribution in [-0.2, 0) is 7.05 Å². The Bertz CT molecular complexity index is 821. The number of para-hydroxylation sites is 2. The Morgan fingerprint density at radius 3 is 2.67 bits per heavy atom. The molecule has 0 aliphatic carbocycles. The Hall–Kier alpha value is -2.26. The third kappa shape index (κ3) is 2.65. The Labute approximate surface area is 128 Å². The first kappa shape index (κ1) is 13.7. The first-order valence-corrected chi connectivity index (χ1v) is 7.10. The van der Waals surface area contributed by atoms with Crippen molar-refractivity contribution >= 4 is 40.5 Å². The molecule has 0 aliphatic heterocycles. The highest BCUT2D eigenvalue weighted by molar-refractivity contribution is 6.32. The van der Waals surface area contributed by atoms with Crippen molar-refractivity contribution in [2.75, 3.05) is 12.4 Å². The number of hydrogen-bond donors (Lipinski definition) is 1. The fraction of sp³-hybridized carbons (Fsp3) is 0.118. The van der Waals surface area contributed by atoms with Gasteiger partial charge in [-0.1, -0.05) is 29.8 Å². The zero-order valence-electron chi connectivity index (χ0n) is 11.9. The molecule has 0 saturated heterocycles. The fourth-order valence-electron chi connectivity index (χ4n) is 2.25. The summed E-state index contributed by atoms with van der Waals surface area (Å²) in [5.41, 5.74) is 3.88. The molecule has 0 fully saturated rings. The predicted octanol–water partition coefficient (Wildman–Crippen LogP) is 4.12. The maximum Gasteiger partial charge on any atom is 0.373 e. The van der Waals surface area contributed by atoms with Crippen LogP contribution in [0.15, 0.2) is 46.9 Å². The minimum Gasteiger partial charge on any atom is -0.398 e. The highest BCUT2D eigenvalue weighted by atomic mass is 35.5. The number of fused-ring (bicyclic) bond motifs is 1. The number of halogens is 1. The fourth-order valence-corrected chi connectivity index (χ4v) is 2.49. The number of oxazole rings is 1. The summed E-state index contributed by atoms with van der Waals surface area (Å²) in [7, 11) is 3.85. The molecule has 3 nitrogen and oxygen atoms in total. The summed E-state index contributed by atoms with van der Waals surface area (Å²) in [4.78, 5) is 0.